The Morgan fingerprint density at radius 1 is 1.33 bits per heavy atom. The Morgan fingerprint density at radius 2 is 2.13 bits per heavy atom. The van der Waals surface area contributed by atoms with Gasteiger partial charge in [0.1, 0.15) is 10.7 Å². The Bertz CT molecular complexity index is 998. The predicted molar refractivity (Wildman–Crippen MR) is 106 cm³/mol. The molecule has 0 fully saturated rings. The Hall–Kier alpha value is -3.14. The fourth-order valence-corrected chi connectivity index (χ4v) is 3.48. The van der Waals surface area contributed by atoms with Gasteiger partial charge in [-0.1, -0.05) is 12.1 Å². The molecule has 1 N–H and O–H groups in total. The van der Waals surface area contributed by atoms with Crippen LogP contribution in [0.3, 0.4) is 0 Å². The average molecular weight is 437 g/mol. The highest BCUT2D eigenvalue weighted by atomic mass is 32.1. The second-order valence-electron chi connectivity index (χ2n) is 6.30. The number of rotatable bonds is 6. The minimum Gasteiger partial charge on any atom is -0.462 e. The van der Waals surface area contributed by atoms with Gasteiger partial charge in [0.15, 0.2) is 0 Å². The molecule has 6 nitrogen and oxygen atoms in total. The zero-order chi connectivity index (χ0) is 21.7. The summed E-state index contributed by atoms with van der Waals surface area (Å²) in [6.45, 7) is 2.94. The summed E-state index contributed by atoms with van der Waals surface area (Å²) in [4.78, 5) is 30.3. The molecule has 1 aromatic heterocycles. The molecule has 3 rings (SSSR count). The highest BCUT2D eigenvalue weighted by Crippen LogP contribution is 2.30. The molecule has 0 bridgehead atoms. The first-order valence-corrected chi connectivity index (χ1v) is 9.86. The first kappa shape index (κ1) is 21.6. The van der Waals surface area contributed by atoms with Crippen LogP contribution in [0, 0.1) is 0 Å². The molecule has 0 saturated carbocycles. The highest BCUT2D eigenvalue weighted by Gasteiger charge is 2.30. The van der Waals surface area contributed by atoms with Gasteiger partial charge >= 0.3 is 12.1 Å². The van der Waals surface area contributed by atoms with Crippen molar-refractivity contribution in [3.8, 4) is 0 Å². The van der Waals surface area contributed by atoms with E-state index in [1.54, 1.807) is 19.2 Å². The minimum atomic E-state index is -4.49. The topological polar surface area (TPSA) is 71.5 Å². The van der Waals surface area contributed by atoms with Gasteiger partial charge in [0, 0.05) is 23.8 Å². The number of anilines is 1. The smallest absolute Gasteiger partial charge is 0.416 e. The average Bonchev–Trinajstić information content (AvgIpc) is 3.16. The molecular weight excluding hydrogens is 419 g/mol. The first-order chi connectivity index (χ1) is 14.3. The van der Waals surface area contributed by atoms with Crippen molar-refractivity contribution in [3.63, 3.8) is 0 Å². The van der Waals surface area contributed by atoms with Crippen LogP contribution >= 0.6 is 11.3 Å². The molecule has 1 aliphatic rings. The lowest BCUT2D eigenvalue weighted by atomic mass is 10.2. The van der Waals surface area contributed by atoms with Crippen molar-refractivity contribution in [2.24, 2.45) is 0 Å². The molecule has 0 radical (unpaired) electrons. The number of carbonyl (C=O) groups excluding carboxylic acids is 2. The molecule has 0 aliphatic carbocycles. The second-order valence-corrected chi connectivity index (χ2v) is 7.24. The second kappa shape index (κ2) is 9.12. The van der Waals surface area contributed by atoms with Crippen molar-refractivity contribution in [2.75, 3.05) is 18.5 Å². The Kier molecular flexibility index (Phi) is 6.56. The van der Waals surface area contributed by atoms with E-state index in [2.05, 4.69) is 10.3 Å². The van der Waals surface area contributed by atoms with Gasteiger partial charge < -0.3 is 15.0 Å². The van der Waals surface area contributed by atoms with Crippen molar-refractivity contribution in [1.29, 1.82) is 0 Å². The monoisotopic (exact) mass is 437 g/mol. The number of halogens is 3. The maximum Gasteiger partial charge on any atom is 0.416 e. The summed E-state index contributed by atoms with van der Waals surface area (Å²) >= 11 is 1.25. The molecule has 0 saturated heterocycles. The van der Waals surface area contributed by atoms with Crippen molar-refractivity contribution in [2.45, 2.75) is 19.6 Å². The number of hydrogen-bond acceptors (Lipinski definition) is 6. The van der Waals surface area contributed by atoms with E-state index in [1.807, 2.05) is 11.0 Å². The molecule has 0 spiro atoms. The summed E-state index contributed by atoms with van der Waals surface area (Å²) in [7, 11) is 0. The normalized spacial score (nSPS) is 13.7. The van der Waals surface area contributed by atoms with Crippen LogP contribution in [-0.4, -0.2) is 34.9 Å². The third-order valence-corrected chi connectivity index (χ3v) is 4.87. The molecule has 0 unspecified atom stereocenters. The van der Waals surface area contributed by atoms with Crippen molar-refractivity contribution in [3.05, 3.63) is 69.8 Å². The van der Waals surface area contributed by atoms with Gasteiger partial charge in [-0.2, -0.15) is 13.2 Å². The minimum absolute atomic E-state index is 0.0348. The molecule has 2 heterocycles. The lowest BCUT2D eigenvalue weighted by molar-refractivity contribution is -0.138. The number of alkyl halides is 3. The number of hydrogen-bond donors (Lipinski definition) is 1. The number of ether oxygens (including phenoxy) is 1. The van der Waals surface area contributed by atoms with E-state index in [4.69, 9.17) is 4.74 Å². The largest absolute Gasteiger partial charge is 0.462 e. The number of benzene rings is 1. The maximum absolute atomic E-state index is 12.8. The fraction of sp³-hybridized carbons (Fsp3) is 0.250. The van der Waals surface area contributed by atoms with Crippen molar-refractivity contribution in [1.82, 2.24) is 9.88 Å². The zero-order valence-electron chi connectivity index (χ0n) is 15.9. The van der Waals surface area contributed by atoms with Crippen LogP contribution in [0.15, 0.2) is 53.6 Å². The van der Waals surface area contributed by atoms with E-state index in [9.17, 15) is 22.8 Å². The summed E-state index contributed by atoms with van der Waals surface area (Å²) < 4.78 is 43.4. The van der Waals surface area contributed by atoms with Gasteiger partial charge in [-0.25, -0.2) is 9.78 Å². The summed E-state index contributed by atoms with van der Waals surface area (Å²) in [5, 5.41) is 4.59. The molecule has 1 amide bonds. The van der Waals surface area contributed by atoms with Crippen LogP contribution in [0.1, 0.15) is 28.0 Å². The van der Waals surface area contributed by atoms with E-state index in [0.717, 1.165) is 12.1 Å². The molecular formula is C20H18F3N3O3S. The van der Waals surface area contributed by atoms with Gasteiger partial charge in [0.05, 0.1) is 24.3 Å². The zero-order valence-corrected chi connectivity index (χ0v) is 16.7. The van der Waals surface area contributed by atoms with Crippen LogP contribution < -0.4 is 5.32 Å². The Balaban J connectivity index is 1.64. The number of nitrogens with zero attached hydrogens (tertiary/aromatic N) is 2. The highest BCUT2D eigenvalue weighted by molar-refractivity contribution is 7.09. The van der Waals surface area contributed by atoms with Crippen LogP contribution in [0.4, 0.5) is 18.9 Å². The van der Waals surface area contributed by atoms with Gasteiger partial charge in [-0.3, -0.25) is 4.79 Å². The van der Waals surface area contributed by atoms with Crippen LogP contribution in [-0.2, 0) is 22.3 Å². The summed E-state index contributed by atoms with van der Waals surface area (Å²) in [6, 6.07) is 4.40. The quantitative estimate of drug-likeness (QED) is 0.685. The van der Waals surface area contributed by atoms with Crippen molar-refractivity contribution < 1.29 is 27.5 Å². The van der Waals surface area contributed by atoms with E-state index >= 15 is 0 Å². The molecule has 2 aromatic rings. The van der Waals surface area contributed by atoms with Crippen LogP contribution in [0.5, 0.6) is 0 Å². The van der Waals surface area contributed by atoms with E-state index in [0.29, 0.717) is 23.7 Å². The molecule has 1 aromatic carbocycles. The van der Waals surface area contributed by atoms with Gasteiger partial charge in [0.25, 0.3) is 5.91 Å². The maximum atomic E-state index is 12.8. The number of amides is 1. The number of thiazole rings is 1. The number of esters is 1. The van der Waals surface area contributed by atoms with Gasteiger partial charge in [-0.15, -0.1) is 11.3 Å². The number of carbonyl (C=O) groups is 2. The van der Waals surface area contributed by atoms with E-state index in [-0.39, 0.29) is 18.0 Å². The SMILES string of the molecule is CCOC(=O)C1=CN(Cc2nc(C(=O)Nc3cccc(C(F)(F)F)c3)cs2)CC=C1. The predicted octanol–water partition coefficient (Wildman–Crippen LogP) is 4.23. The lowest BCUT2D eigenvalue weighted by Crippen LogP contribution is -2.22. The summed E-state index contributed by atoms with van der Waals surface area (Å²) in [6.07, 6.45) is 0.681. The molecule has 30 heavy (non-hydrogen) atoms. The lowest BCUT2D eigenvalue weighted by Gasteiger charge is -2.21. The summed E-state index contributed by atoms with van der Waals surface area (Å²) in [5.74, 6) is -1.02. The summed E-state index contributed by atoms with van der Waals surface area (Å²) in [5.41, 5.74) is -0.286. The Morgan fingerprint density at radius 3 is 2.87 bits per heavy atom. The standard InChI is InChI=1S/C20H18F3N3O3S/c1-2-29-19(28)13-5-4-8-26(10-13)11-17-25-16(12-30-17)18(27)24-15-7-3-6-14(9-15)20(21,22)23/h3-7,9-10,12H,2,8,11H2,1H3,(H,24,27). The third kappa shape index (κ3) is 5.47. The van der Waals surface area contributed by atoms with Gasteiger partial charge in [0.2, 0.25) is 0 Å². The van der Waals surface area contributed by atoms with Crippen LogP contribution in [0.2, 0.25) is 0 Å². The number of nitrogens with one attached hydrogen (secondary N) is 1. The molecule has 10 heteroatoms. The fourth-order valence-electron chi connectivity index (χ4n) is 2.68. The van der Waals surface area contributed by atoms with E-state index < -0.39 is 23.6 Å². The molecule has 0 atom stereocenters. The first-order valence-electron chi connectivity index (χ1n) is 8.99. The van der Waals surface area contributed by atoms with Gasteiger partial charge in [-0.05, 0) is 31.2 Å². The molecule has 158 valence electrons. The number of aromatic nitrogens is 1. The Labute approximate surface area is 174 Å². The molecule has 1 aliphatic heterocycles. The van der Waals surface area contributed by atoms with Crippen LogP contribution in [0.25, 0.3) is 0 Å². The third-order valence-electron chi connectivity index (χ3n) is 4.04. The van der Waals surface area contributed by atoms with Crippen molar-refractivity contribution >= 4 is 28.9 Å². The van der Waals surface area contributed by atoms with E-state index in [1.165, 1.54) is 28.8 Å².